The molecule has 0 radical (unpaired) electrons. The van der Waals surface area contributed by atoms with Crippen molar-refractivity contribution in [1.29, 1.82) is 0 Å². The molecule has 0 fully saturated rings. The molecule has 20 heavy (non-hydrogen) atoms. The molecule has 108 valence electrons. The van der Waals surface area contributed by atoms with E-state index < -0.39 is 0 Å². The minimum atomic E-state index is 0.140. The number of ether oxygens (including phenoxy) is 1. The molecule has 0 bridgehead atoms. The van der Waals surface area contributed by atoms with Crippen molar-refractivity contribution in [3.8, 4) is 5.75 Å². The Labute approximate surface area is 140 Å². The van der Waals surface area contributed by atoms with E-state index in [0.29, 0.717) is 6.61 Å². The SMILES string of the molecule is CCNC(c1csc(Br)c1)c1cc(Br)ccc1OCC. The molecule has 0 amide bonds. The molecule has 1 aromatic heterocycles. The summed E-state index contributed by atoms with van der Waals surface area (Å²) < 4.78 is 7.98. The van der Waals surface area contributed by atoms with Crippen molar-refractivity contribution in [2.75, 3.05) is 13.2 Å². The van der Waals surface area contributed by atoms with Crippen LogP contribution in [0.5, 0.6) is 5.75 Å². The van der Waals surface area contributed by atoms with Crippen LogP contribution in [-0.2, 0) is 0 Å². The van der Waals surface area contributed by atoms with Gasteiger partial charge in [-0.05, 0) is 64.6 Å². The molecule has 2 aromatic rings. The van der Waals surface area contributed by atoms with Crippen LogP contribution in [-0.4, -0.2) is 13.2 Å². The highest BCUT2D eigenvalue weighted by Gasteiger charge is 2.19. The predicted molar refractivity (Wildman–Crippen MR) is 92.8 cm³/mol. The van der Waals surface area contributed by atoms with Crippen LogP contribution >= 0.6 is 43.2 Å². The molecule has 0 aliphatic heterocycles. The van der Waals surface area contributed by atoms with Crippen molar-refractivity contribution >= 4 is 43.2 Å². The third kappa shape index (κ3) is 3.85. The summed E-state index contributed by atoms with van der Waals surface area (Å²) in [5.41, 5.74) is 2.41. The van der Waals surface area contributed by atoms with Crippen molar-refractivity contribution in [3.05, 3.63) is 49.0 Å². The quantitative estimate of drug-likeness (QED) is 0.680. The van der Waals surface area contributed by atoms with Gasteiger partial charge in [0.2, 0.25) is 0 Å². The highest BCUT2D eigenvalue weighted by Crippen LogP contribution is 2.35. The van der Waals surface area contributed by atoms with Gasteiger partial charge in [-0.1, -0.05) is 22.9 Å². The molecular formula is C15H17Br2NOS. The average molecular weight is 419 g/mol. The molecule has 1 unspecified atom stereocenters. The molecular weight excluding hydrogens is 402 g/mol. The molecule has 0 saturated carbocycles. The zero-order valence-corrected chi connectivity index (χ0v) is 15.4. The first-order valence-corrected chi connectivity index (χ1v) is 9.01. The van der Waals surface area contributed by atoms with Gasteiger partial charge in [-0.2, -0.15) is 0 Å². The lowest BCUT2D eigenvalue weighted by atomic mass is 10.0. The van der Waals surface area contributed by atoms with E-state index in [4.69, 9.17) is 4.74 Å². The minimum absolute atomic E-state index is 0.140. The van der Waals surface area contributed by atoms with Crippen molar-refractivity contribution in [2.45, 2.75) is 19.9 Å². The molecule has 5 heteroatoms. The number of rotatable bonds is 6. The zero-order chi connectivity index (χ0) is 14.5. The Balaban J connectivity index is 2.45. The third-order valence-corrected chi connectivity index (χ3v) is 4.93. The lowest BCUT2D eigenvalue weighted by molar-refractivity contribution is 0.333. The lowest BCUT2D eigenvalue weighted by Gasteiger charge is -2.21. The first-order valence-electron chi connectivity index (χ1n) is 6.55. The Morgan fingerprint density at radius 2 is 2.05 bits per heavy atom. The first kappa shape index (κ1) is 16.0. The van der Waals surface area contributed by atoms with Gasteiger partial charge in [0.25, 0.3) is 0 Å². The molecule has 0 aliphatic rings. The van der Waals surface area contributed by atoms with Gasteiger partial charge in [-0.25, -0.2) is 0 Å². The Morgan fingerprint density at radius 1 is 1.25 bits per heavy atom. The fourth-order valence-corrected chi connectivity index (χ4v) is 3.70. The maximum absolute atomic E-state index is 5.78. The second kappa shape index (κ2) is 7.59. The molecule has 1 atom stereocenters. The van der Waals surface area contributed by atoms with Gasteiger partial charge in [0.1, 0.15) is 5.75 Å². The first-order chi connectivity index (χ1) is 9.65. The normalized spacial score (nSPS) is 12.4. The van der Waals surface area contributed by atoms with Crippen molar-refractivity contribution in [3.63, 3.8) is 0 Å². The summed E-state index contributed by atoms with van der Waals surface area (Å²) in [6.07, 6.45) is 0. The van der Waals surface area contributed by atoms with E-state index >= 15 is 0 Å². The summed E-state index contributed by atoms with van der Waals surface area (Å²) in [5.74, 6) is 0.934. The van der Waals surface area contributed by atoms with Gasteiger partial charge >= 0.3 is 0 Å². The van der Waals surface area contributed by atoms with Crippen LogP contribution in [0.1, 0.15) is 31.0 Å². The maximum atomic E-state index is 5.78. The standard InChI is InChI=1S/C15H17Br2NOS/c1-3-18-15(10-7-14(17)20-9-10)12-8-11(16)5-6-13(12)19-4-2/h5-9,15,18H,3-4H2,1-2H3. The highest BCUT2D eigenvalue weighted by molar-refractivity contribution is 9.11. The Hall–Kier alpha value is -0.360. The van der Waals surface area contributed by atoms with Gasteiger partial charge in [-0.3, -0.25) is 0 Å². The molecule has 0 aliphatic carbocycles. The van der Waals surface area contributed by atoms with Crippen LogP contribution in [0.15, 0.2) is 37.9 Å². The second-order valence-corrected chi connectivity index (χ2v) is 7.50. The minimum Gasteiger partial charge on any atom is -0.494 e. The van der Waals surface area contributed by atoms with Crippen LogP contribution < -0.4 is 10.1 Å². The lowest BCUT2D eigenvalue weighted by Crippen LogP contribution is -2.22. The van der Waals surface area contributed by atoms with Crippen molar-refractivity contribution < 1.29 is 4.74 Å². The van der Waals surface area contributed by atoms with Crippen LogP contribution in [0.25, 0.3) is 0 Å². The Kier molecular flexibility index (Phi) is 6.08. The summed E-state index contributed by atoms with van der Waals surface area (Å²) in [5, 5.41) is 5.71. The van der Waals surface area contributed by atoms with Crippen molar-refractivity contribution in [1.82, 2.24) is 5.32 Å². The number of hydrogen-bond donors (Lipinski definition) is 1. The van der Waals surface area contributed by atoms with E-state index in [0.717, 1.165) is 26.1 Å². The summed E-state index contributed by atoms with van der Waals surface area (Å²) in [6.45, 7) is 5.69. The van der Waals surface area contributed by atoms with E-state index in [-0.39, 0.29) is 6.04 Å². The Morgan fingerprint density at radius 3 is 2.65 bits per heavy atom. The zero-order valence-electron chi connectivity index (χ0n) is 11.5. The monoisotopic (exact) mass is 417 g/mol. The van der Waals surface area contributed by atoms with Gasteiger partial charge < -0.3 is 10.1 Å². The molecule has 2 nitrogen and oxygen atoms in total. The number of benzene rings is 1. The van der Waals surface area contributed by atoms with Crippen LogP contribution in [0.3, 0.4) is 0 Å². The van der Waals surface area contributed by atoms with E-state index in [9.17, 15) is 0 Å². The number of thiophene rings is 1. The van der Waals surface area contributed by atoms with Gasteiger partial charge in [0.15, 0.2) is 0 Å². The van der Waals surface area contributed by atoms with E-state index in [1.54, 1.807) is 11.3 Å². The van der Waals surface area contributed by atoms with Crippen molar-refractivity contribution in [2.24, 2.45) is 0 Å². The predicted octanol–water partition coefficient (Wildman–Crippen LogP) is 5.37. The number of halogens is 2. The smallest absolute Gasteiger partial charge is 0.124 e. The maximum Gasteiger partial charge on any atom is 0.124 e. The summed E-state index contributed by atoms with van der Waals surface area (Å²) in [7, 11) is 0. The topological polar surface area (TPSA) is 21.3 Å². The molecule has 0 spiro atoms. The number of nitrogens with one attached hydrogen (secondary N) is 1. The molecule has 1 N–H and O–H groups in total. The van der Waals surface area contributed by atoms with Crippen LogP contribution in [0.4, 0.5) is 0 Å². The summed E-state index contributed by atoms with van der Waals surface area (Å²) in [4.78, 5) is 0. The molecule has 0 saturated heterocycles. The summed E-state index contributed by atoms with van der Waals surface area (Å²) >= 11 is 8.79. The molecule has 1 heterocycles. The highest BCUT2D eigenvalue weighted by atomic mass is 79.9. The van der Waals surface area contributed by atoms with E-state index in [2.05, 4.69) is 61.6 Å². The Bertz CT molecular complexity index is 571. The fourth-order valence-electron chi connectivity index (χ4n) is 2.12. The fraction of sp³-hybridized carbons (Fsp3) is 0.333. The third-order valence-electron chi connectivity index (χ3n) is 2.91. The average Bonchev–Trinajstić information content (AvgIpc) is 2.85. The van der Waals surface area contributed by atoms with Crippen LogP contribution in [0, 0.1) is 0 Å². The molecule has 1 aromatic carbocycles. The van der Waals surface area contributed by atoms with Crippen LogP contribution in [0.2, 0.25) is 0 Å². The van der Waals surface area contributed by atoms with E-state index in [1.165, 1.54) is 5.56 Å². The summed E-state index contributed by atoms with van der Waals surface area (Å²) in [6, 6.07) is 8.47. The largest absolute Gasteiger partial charge is 0.494 e. The van der Waals surface area contributed by atoms with Gasteiger partial charge in [0.05, 0.1) is 16.4 Å². The van der Waals surface area contributed by atoms with E-state index in [1.807, 2.05) is 19.1 Å². The second-order valence-electron chi connectivity index (χ2n) is 4.29. The number of hydrogen-bond acceptors (Lipinski definition) is 3. The van der Waals surface area contributed by atoms with Gasteiger partial charge in [0, 0.05) is 10.0 Å². The molecule has 2 rings (SSSR count). The van der Waals surface area contributed by atoms with Gasteiger partial charge in [-0.15, -0.1) is 11.3 Å².